The number of ether oxygens (including phenoxy) is 1. The molecule has 1 N–H and O–H groups in total. The molecular formula is C20H25NO2. The van der Waals surface area contributed by atoms with E-state index in [4.69, 9.17) is 4.74 Å². The smallest absolute Gasteiger partial charge is 0.261 e. The first-order chi connectivity index (χ1) is 11.0. The standard InChI is InChI=1S/C20H25NO2/c1-5-18(23-19-8-6-7-15(3)16(19)4)20(22)21-13-17-11-9-14(2)10-12-17/h6-12,18H,5,13H2,1-4H3,(H,21,22). The summed E-state index contributed by atoms with van der Waals surface area (Å²) in [4.78, 5) is 12.4. The van der Waals surface area contributed by atoms with E-state index in [0.29, 0.717) is 13.0 Å². The van der Waals surface area contributed by atoms with Gasteiger partial charge < -0.3 is 10.1 Å². The van der Waals surface area contributed by atoms with Crippen LogP contribution in [0.25, 0.3) is 0 Å². The lowest BCUT2D eigenvalue weighted by molar-refractivity contribution is -0.128. The number of benzene rings is 2. The Hall–Kier alpha value is -2.29. The van der Waals surface area contributed by atoms with Gasteiger partial charge in [-0.05, 0) is 49.9 Å². The van der Waals surface area contributed by atoms with Gasteiger partial charge in [0.05, 0.1) is 0 Å². The molecule has 0 aromatic heterocycles. The van der Waals surface area contributed by atoms with Crippen LogP contribution >= 0.6 is 0 Å². The van der Waals surface area contributed by atoms with Crippen molar-refractivity contribution in [1.82, 2.24) is 5.32 Å². The normalized spacial score (nSPS) is 11.8. The van der Waals surface area contributed by atoms with Gasteiger partial charge in [0.25, 0.3) is 5.91 Å². The molecule has 2 rings (SSSR count). The van der Waals surface area contributed by atoms with Crippen LogP contribution in [0, 0.1) is 20.8 Å². The third-order valence-electron chi connectivity index (χ3n) is 4.07. The minimum Gasteiger partial charge on any atom is -0.480 e. The highest BCUT2D eigenvalue weighted by atomic mass is 16.5. The van der Waals surface area contributed by atoms with Gasteiger partial charge in [0.2, 0.25) is 0 Å². The van der Waals surface area contributed by atoms with Crippen molar-refractivity contribution in [3.63, 3.8) is 0 Å². The van der Waals surface area contributed by atoms with Crippen LogP contribution in [0.1, 0.15) is 35.6 Å². The van der Waals surface area contributed by atoms with Crippen LogP contribution in [0.15, 0.2) is 42.5 Å². The number of hydrogen-bond acceptors (Lipinski definition) is 2. The summed E-state index contributed by atoms with van der Waals surface area (Å²) in [5, 5.41) is 2.96. The van der Waals surface area contributed by atoms with Gasteiger partial charge in [-0.25, -0.2) is 0 Å². The molecule has 3 nitrogen and oxygen atoms in total. The second-order valence-corrected chi connectivity index (χ2v) is 5.92. The summed E-state index contributed by atoms with van der Waals surface area (Å²) in [6.07, 6.45) is 0.161. The van der Waals surface area contributed by atoms with E-state index in [1.807, 2.05) is 70.2 Å². The van der Waals surface area contributed by atoms with Crippen molar-refractivity contribution < 1.29 is 9.53 Å². The molecule has 2 aromatic carbocycles. The number of amides is 1. The SMILES string of the molecule is CCC(Oc1cccc(C)c1C)C(=O)NCc1ccc(C)cc1. The van der Waals surface area contributed by atoms with Gasteiger partial charge >= 0.3 is 0 Å². The lowest BCUT2D eigenvalue weighted by atomic mass is 10.1. The summed E-state index contributed by atoms with van der Waals surface area (Å²) in [5.41, 5.74) is 4.55. The van der Waals surface area contributed by atoms with Crippen LogP contribution in [0.5, 0.6) is 5.75 Å². The summed E-state index contributed by atoms with van der Waals surface area (Å²) in [7, 11) is 0. The second kappa shape index (κ2) is 7.82. The van der Waals surface area contributed by atoms with E-state index in [2.05, 4.69) is 5.32 Å². The molecule has 0 radical (unpaired) electrons. The van der Waals surface area contributed by atoms with Crippen LogP contribution in [0.3, 0.4) is 0 Å². The average molecular weight is 311 g/mol. The molecule has 0 heterocycles. The summed E-state index contributed by atoms with van der Waals surface area (Å²) in [6, 6.07) is 14.1. The van der Waals surface area contributed by atoms with E-state index in [-0.39, 0.29) is 5.91 Å². The van der Waals surface area contributed by atoms with Gasteiger partial charge in [-0.15, -0.1) is 0 Å². The molecule has 23 heavy (non-hydrogen) atoms. The zero-order valence-electron chi connectivity index (χ0n) is 14.3. The molecule has 1 unspecified atom stereocenters. The van der Waals surface area contributed by atoms with Crippen molar-refractivity contribution in [3.8, 4) is 5.75 Å². The molecule has 0 aliphatic carbocycles. The molecule has 0 fully saturated rings. The molecule has 1 atom stereocenters. The minimum atomic E-state index is -0.471. The number of carbonyl (C=O) groups is 1. The summed E-state index contributed by atoms with van der Waals surface area (Å²) >= 11 is 0. The molecule has 1 amide bonds. The maximum Gasteiger partial charge on any atom is 0.261 e. The van der Waals surface area contributed by atoms with Crippen molar-refractivity contribution in [3.05, 3.63) is 64.7 Å². The second-order valence-electron chi connectivity index (χ2n) is 5.92. The zero-order valence-corrected chi connectivity index (χ0v) is 14.3. The van der Waals surface area contributed by atoms with E-state index in [0.717, 1.165) is 22.4 Å². The molecule has 122 valence electrons. The monoisotopic (exact) mass is 311 g/mol. The van der Waals surface area contributed by atoms with Crippen LogP contribution in [-0.2, 0) is 11.3 Å². The predicted molar refractivity (Wildman–Crippen MR) is 93.6 cm³/mol. The van der Waals surface area contributed by atoms with Crippen LogP contribution in [0.4, 0.5) is 0 Å². The predicted octanol–water partition coefficient (Wildman–Crippen LogP) is 4.09. The summed E-state index contributed by atoms with van der Waals surface area (Å²) in [5.74, 6) is 0.705. The van der Waals surface area contributed by atoms with E-state index in [1.165, 1.54) is 5.56 Å². The molecule has 0 saturated heterocycles. The molecule has 3 heteroatoms. The Morgan fingerprint density at radius 2 is 1.78 bits per heavy atom. The first-order valence-electron chi connectivity index (χ1n) is 8.07. The van der Waals surface area contributed by atoms with Gasteiger partial charge in [-0.2, -0.15) is 0 Å². The highest BCUT2D eigenvalue weighted by molar-refractivity contribution is 5.81. The maximum atomic E-state index is 12.4. The lowest BCUT2D eigenvalue weighted by Crippen LogP contribution is -2.37. The number of aryl methyl sites for hydroxylation is 2. The Morgan fingerprint density at radius 1 is 1.09 bits per heavy atom. The van der Waals surface area contributed by atoms with Crippen LogP contribution < -0.4 is 10.1 Å². The van der Waals surface area contributed by atoms with E-state index in [1.54, 1.807) is 0 Å². The van der Waals surface area contributed by atoms with Crippen molar-refractivity contribution in [1.29, 1.82) is 0 Å². The fraction of sp³-hybridized carbons (Fsp3) is 0.350. The summed E-state index contributed by atoms with van der Waals surface area (Å²) < 4.78 is 5.93. The topological polar surface area (TPSA) is 38.3 Å². The number of rotatable bonds is 6. The summed E-state index contributed by atoms with van der Waals surface area (Å²) in [6.45, 7) is 8.59. The van der Waals surface area contributed by atoms with Crippen molar-refractivity contribution in [2.45, 2.75) is 46.8 Å². The molecule has 0 spiro atoms. The highest BCUT2D eigenvalue weighted by Crippen LogP contribution is 2.22. The molecule has 0 bridgehead atoms. The highest BCUT2D eigenvalue weighted by Gasteiger charge is 2.19. The Morgan fingerprint density at radius 3 is 2.43 bits per heavy atom. The number of hydrogen-bond donors (Lipinski definition) is 1. The van der Waals surface area contributed by atoms with Gasteiger partial charge in [0.15, 0.2) is 6.10 Å². The Balaban J connectivity index is 1.98. The van der Waals surface area contributed by atoms with Crippen molar-refractivity contribution in [2.24, 2.45) is 0 Å². The minimum absolute atomic E-state index is 0.0750. The molecule has 0 saturated carbocycles. The fourth-order valence-corrected chi connectivity index (χ4v) is 2.34. The zero-order chi connectivity index (χ0) is 16.8. The third-order valence-corrected chi connectivity index (χ3v) is 4.07. The van der Waals surface area contributed by atoms with Gasteiger partial charge in [0.1, 0.15) is 5.75 Å². The maximum absolute atomic E-state index is 12.4. The Kier molecular flexibility index (Phi) is 5.80. The van der Waals surface area contributed by atoms with Gasteiger partial charge in [0, 0.05) is 6.54 Å². The quantitative estimate of drug-likeness (QED) is 0.872. The average Bonchev–Trinajstić information content (AvgIpc) is 2.55. The number of nitrogens with one attached hydrogen (secondary N) is 1. The molecule has 0 aliphatic rings. The Bertz CT molecular complexity index is 662. The lowest BCUT2D eigenvalue weighted by Gasteiger charge is -2.19. The van der Waals surface area contributed by atoms with Gasteiger partial charge in [-0.1, -0.05) is 48.9 Å². The van der Waals surface area contributed by atoms with Crippen LogP contribution in [-0.4, -0.2) is 12.0 Å². The molecular weight excluding hydrogens is 286 g/mol. The van der Waals surface area contributed by atoms with Crippen molar-refractivity contribution in [2.75, 3.05) is 0 Å². The largest absolute Gasteiger partial charge is 0.480 e. The van der Waals surface area contributed by atoms with E-state index < -0.39 is 6.10 Å². The van der Waals surface area contributed by atoms with Crippen LogP contribution in [0.2, 0.25) is 0 Å². The molecule has 2 aromatic rings. The van der Waals surface area contributed by atoms with E-state index in [9.17, 15) is 4.79 Å². The number of carbonyl (C=O) groups excluding carboxylic acids is 1. The van der Waals surface area contributed by atoms with Gasteiger partial charge in [-0.3, -0.25) is 4.79 Å². The first kappa shape index (κ1) is 17.1. The Labute approximate surface area is 138 Å². The fourth-order valence-electron chi connectivity index (χ4n) is 2.34. The first-order valence-corrected chi connectivity index (χ1v) is 8.07. The molecule has 0 aliphatic heterocycles. The van der Waals surface area contributed by atoms with E-state index >= 15 is 0 Å². The third kappa shape index (κ3) is 4.59. The van der Waals surface area contributed by atoms with Crippen molar-refractivity contribution >= 4 is 5.91 Å².